The van der Waals surface area contributed by atoms with Gasteiger partial charge in [-0.25, -0.2) is 29.9 Å². The number of rotatable bonds is 21. The number of ether oxygens (including phenoxy) is 4. The van der Waals surface area contributed by atoms with E-state index < -0.39 is 49.1 Å². The molecule has 6 heterocycles. The van der Waals surface area contributed by atoms with Crippen molar-refractivity contribution in [3.63, 3.8) is 0 Å². The molecule has 2 saturated heterocycles. The number of imidazole rings is 2. The summed E-state index contributed by atoms with van der Waals surface area (Å²) in [7, 11) is 3.06. The molecule has 3 fully saturated rings. The number of nitrogens with one attached hydrogen (secondary N) is 3. The minimum Gasteiger partial charge on any atom is -0.387 e. The Balaban J connectivity index is 0.000000186. The van der Waals surface area contributed by atoms with E-state index in [0.717, 1.165) is 24.7 Å². The summed E-state index contributed by atoms with van der Waals surface area (Å²) in [6, 6.07) is 41.9. The second-order valence-electron chi connectivity index (χ2n) is 21.6. The Hall–Kier alpha value is -6.82. The number of hydrogen-bond acceptors (Lipinski definition) is 18. The molecule has 2 aliphatic heterocycles. The summed E-state index contributed by atoms with van der Waals surface area (Å²) in [5.41, 5.74) is 12.8. The van der Waals surface area contributed by atoms with Crippen LogP contribution in [-0.2, 0) is 32.0 Å². The standard InChI is InChI=1S/C35H46N6O4.C26H30N6O4/c1-22(2)23-14-16-26(17-15-23)36-19-29-39-33(37-18-27(24-10-6-4-7-11-24)25-12-8-5-9-13-25)30-34(40-29)41(21-38-30)35-32(43)31(42)28(45-35)20-44-3;1-35-14-19-22(33)23(34)26(36-19)32-15-29-21-24(30-20(12-27)31-25(21)32)28-13-18(16-8-4-2-5-9-16)17-10-6-3-7-11-17/h4-13,21-23,26-28,31-32,35-36,42-43H,14-20H2,1-3H3,(H,37,39,40);2-11,15,18-19,22-23,26,33-34H,12-14,27H2,1H3,(H,28,30,31)/t23?,26?,28-,31-,32-,35-;19-,22-,23-,26-/m11/s1. The first-order valence-electron chi connectivity index (χ1n) is 28.1. The average Bonchev–Trinajstić information content (AvgIpc) is 4.36. The number of aliphatic hydroxyl groups is 4. The van der Waals surface area contributed by atoms with E-state index in [1.165, 1.54) is 48.5 Å². The predicted octanol–water partition coefficient (Wildman–Crippen LogP) is 6.43. The van der Waals surface area contributed by atoms with Crippen molar-refractivity contribution in [3.05, 3.63) is 168 Å². The number of aromatic nitrogens is 8. The highest BCUT2D eigenvalue weighted by molar-refractivity contribution is 5.84. The molecule has 1 aliphatic carbocycles. The Morgan fingerprint density at radius 2 is 0.951 bits per heavy atom. The van der Waals surface area contributed by atoms with E-state index in [1.54, 1.807) is 22.6 Å². The van der Waals surface area contributed by atoms with Crippen molar-refractivity contribution < 1.29 is 39.4 Å². The lowest BCUT2D eigenvalue weighted by molar-refractivity contribution is -0.0580. The summed E-state index contributed by atoms with van der Waals surface area (Å²) in [6.07, 6.45) is 0.311. The van der Waals surface area contributed by atoms with Crippen LogP contribution < -0.4 is 21.7 Å². The lowest BCUT2D eigenvalue weighted by Gasteiger charge is -2.31. The lowest BCUT2D eigenvalue weighted by atomic mass is 9.80. The normalized spacial score (nSPS) is 23.9. The highest BCUT2D eigenvalue weighted by Crippen LogP contribution is 2.36. The van der Waals surface area contributed by atoms with Crippen molar-refractivity contribution in [1.29, 1.82) is 0 Å². The zero-order valence-electron chi connectivity index (χ0n) is 46.4. The largest absolute Gasteiger partial charge is 0.387 e. The van der Waals surface area contributed by atoms with E-state index in [9.17, 15) is 20.4 Å². The van der Waals surface area contributed by atoms with E-state index >= 15 is 0 Å². The second-order valence-corrected chi connectivity index (χ2v) is 21.6. The fraction of sp³-hybridized carbons (Fsp3) is 0.443. The third-order valence-corrected chi connectivity index (χ3v) is 16.0. The molecule has 8 atom stereocenters. The van der Waals surface area contributed by atoms with Gasteiger partial charge in [0.2, 0.25) is 0 Å². The van der Waals surface area contributed by atoms with Crippen LogP contribution in [0.4, 0.5) is 11.6 Å². The quantitative estimate of drug-likeness (QED) is 0.0385. The molecule has 3 aliphatic rings. The molecule has 0 radical (unpaired) electrons. The van der Waals surface area contributed by atoms with Crippen LogP contribution in [-0.4, -0.2) is 143 Å². The van der Waals surface area contributed by atoms with Gasteiger partial charge in [-0.05, 0) is 59.8 Å². The third kappa shape index (κ3) is 13.1. The van der Waals surface area contributed by atoms with Crippen LogP contribution in [0.3, 0.4) is 0 Å². The van der Waals surface area contributed by atoms with Crippen molar-refractivity contribution in [2.75, 3.05) is 51.2 Å². The zero-order valence-corrected chi connectivity index (χ0v) is 46.4. The highest BCUT2D eigenvalue weighted by atomic mass is 16.6. The van der Waals surface area contributed by atoms with Crippen molar-refractivity contribution in [2.45, 2.75) is 120 Å². The molecule has 20 nitrogen and oxygen atoms in total. The molecule has 1 saturated carbocycles. The van der Waals surface area contributed by atoms with Gasteiger partial charge in [-0.2, -0.15) is 0 Å². The average molecular weight is 1110 g/mol. The molecule has 20 heteroatoms. The van der Waals surface area contributed by atoms with E-state index in [2.05, 4.69) is 123 Å². The monoisotopic (exact) mass is 1100 g/mol. The smallest absolute Gasteiger partial charge is 0.168 e. The van der Waals surface area contributed by atoms with E-state index in [1.807, 2.05) is 48.5 Å². The van der Waals surface area contributed by atoms with Gasteiger partial charge in [-0.3, -0.25) is 9.13 Å². The molecule has 4 aromatic carbocycles. The van der Waals surface area contributed by atoms with Gasteiger partial charge < -0.3 is 61.1 Å². The maximum atomic E-state index is 10.9. The highest BCUT2D eigenvalue weighted by Gasteiger charge is 2.46. The Morgan fingerprint density at radius 1 is 0.556 bits per heavy atom. The first-order valence-corrected chi connectivity index (χ1v) is 28.1. The summed E-state index contributed by atoms with van der Waals surface area (Å²) in [6.45, 7) is 6.75. The van der Waals surface area contributed by atoms with Crippen LogP contribution >= 0.6 is 0 Å². The maximum Gasteiger partial charge on any atom is 0.168 e. The predicted molar refractivity (Wildman–Crippen MR) is 308 cm³/mol. The molecule has 428 valence electrons. The maximum absolute atomic E-state index is 10.9. The van der Waals surface area contributed by atoms with E-state index in [0.29, 0.717) is 71.3 Å². The minimum absolute atomic E-state index is 0.0748. The van der Waals surface area contributed by atoms with E-state index in [4.69, 9.17) is 34.6 Å². The van der Waals surface area contributed by atoms with Gasteiger partial charge in [-0.1, -0.05) is 135 Å². The molecule has 9 N–H and O–H groups in total. The van der Waals surface area contributed by atoms with Crippen LogP contribution in [0.25, 0.3) is 22.3 Å². The number of anilines is 2. The number of aliphatic hydroxyl groups excluding tert-OH is 4. The lowest BCUT2D eigenvalue weighted by Crippen LogP contribution is -2.34. The number of fused-ring (bicyclic) bond motifs is 2. The van der Waals surface area contributed by atoms with Gasteiger partial charge >= 0.3 is 0 Å². The Labute approximate surface area is 472 Å². The Kier molecular flexibility index (Phi) is 19.0. The summed E-state index contributed by atoms with van der Waals surface area (Å²) in [5.74, 6) is 3.89. The topological polar surface area (TPSA) is 267 Å². The van der Waals surface area contributed by atoms with Gasteiger partial charge in [0.1, 0.15) is 48.3 Å². The van der Waals surface area contributed by atoms with Gasteiger partial charge in [0.15, 0.2) is 46.4 Å². The molecular weight excluding hydrogens is 1030 g/mol. The minimum atomic E-state index is -1.17. The molecule has 0 amide bonds. The fourth-order valence-corrected chi connectivity index (χ4v) is 11.5. The summed E-state index contributed by atoms with van der Waals surface area (Å²) >= 11 is 0. The van der Waals surface area contributed by atoms with Crippen molar-refractivity contribution >= 4 is 34.0 Å². The van der Waals surface area contributed by atoms with Gasteiger partial charge in [0.25, 0.3) is 0 Å². The zero-order chi connectivity index (χ0) is 56.4. The van der Waals surface area contributed by atoms with Crippen molar-refractivity contribution in [1.82, 2.24) is 44.4 Å². The summed E-state index contributed by atoms with van der Waals surface area (Å²) in [5, 5.41) is 53.4. The van der Waals surface area contributed by atoms with Gasteiger partial charge in [0, 0.05) is 45.2 Å². The second kappa shape index (κ2) is 26.8. The molecule has 81 heavy (non-hydrogen) atoms. The van der Waals surface area contributed by atoms with Crippen LogP contribution in [0.1, 0.15) is 97.7 Å². The summed E-state index contributed by atoms with van der Waals surface area (Å²) in [4.78, 5) is 28.3. The molecule has 0 unspecified atom stereocenters. The number of nitrogens with two attached hydrogens (primary N) is 1. The molecule has 4 aromatic heterocycles. The molecular formula is C61H76N12O8. The SMILES string of the molecule is COC[C@H]1O[C@@H](n2cnc3c(NCC(c4ccccc4)c4ccccc4)nc(CN)nc32)[C@H](O)[C@@H]1O.COC[C@H]1O[C@@H](n2cnc3c(NCC(c4ccccc4)c4ccccc4)nc(CNC4CCC(C(C)C)CC4)nc32)[C@H](O)[C@@H]1O. The third-order valence-electron chi connectivity index (χ3n) is 16.0. The Bertz CT molecular complexity index is 3140. The summed E-state index contributed by atoms with van der Waals surface area (Å²) < 4.78 is 25.6. The first kappa shape index (κ1) is 57.4. The van der Waals surface area contributed by atoms with Gasteiger partial charge in [-0.15, -0.1) is 0 Å². The van der Waals surface area contributed by atoms with Crippen LogP contribution in [0.15, 0.2) is 134 Å². The molecule has 8 aromatic rings. The fourth-order valence-electron chi connectivity index (χ4n) is 11.5. The first-order chi connectivity index (χ1) is 39.5. The number of methoxy groups -OCH3 is 2. The molecule has 11 rings (SSSR count). The van der Waals surface area contributed by atoms with E-state index in [-0.39, 0.29) is 31.6 Å². The van der Waals surface area contributed by atoms with Crippen LogP contribution in [0.2, 0.25) is 0 Å². The number of benzene rings is 4. The number of nitrogens with zero attached hydrogens (tertiary/aromatic N) is 8. The van der Waals surface area contributed by atoms with Crippen LogP contribution in [0, 0.1) is 11.8 Å². The van der Waals surface area contributed by atoms with Crippen molar-refractivity contribution in [3.8, 4) is 0 Å². The van der Waals surface area contributed by atoms with Crippen LogP contribution in [0.5, 0.6) is 0 Å². The molecule has 0 bridgehead atoms. The van der Waals surface area contributed by atoms with Crippen molar-refractivity contribution in [2.24, 2.45) is 17.6 Å². The van der Waals surface area contributed by atoms with Gasteiger partial charge in [0.05, 0.1) is 39.0 Å². The molecule has 0 spiro atoms. The Morgan fingerprint density at radius 3 is 1.33 bits per heavy atom. The number of hydrogen-bond donors (Lipinski definition) is 8.